The summed E-state index contributed by atoms with van der Waals surface area (Å²) in [6.07, 6.45) is 1.65. The summed E-state index contributed by atoms with van der Waals surface area (Å²) in [5.41, 5.74) is 1.51. The SMILES string of the molecule is Fc1ccc(N=Cc2ccc(Cl)c(Cl)c2)cc1. The fraction of sp³-hybridized carbons (Fsp3) is 0. The molecule has 0 saturated carbocycles. The van der Waals surface area contributed by atoms with E-state index in [2.05, 4.69) is 4.99 Å². The highest BCUT2D eigenvalue weighted by molar-refractivity contribution is 6.42. The summed E-state index contributed by atoms with van der Waals surface area (Å²) in [7, 11) is 0. The topological polar surface area (TPSA) is 12.4 Å². The summed E-state index contributed by atoms with van der Waals surface area (Å²) >= 11 is 11.7. The smallest absolute Gasteiger partial charge is 0.123 e. The second-order valence-electron chi connectivity index (χ2n) is 3.41. The lowest BCUT2D eigenvalue weighted by Crippen LogP contribution is -1.81. The van der Waals surface area contributed by atoms with Crippen molar-refractivity contribution in [3.05, 3.63) is 63.9 Å². The number of hydrogen-bond acceptors (Lipinski definition) is 1. The Hall–Kier alpha value is -1.38. The van der Waals surface area contributed by atoms with Crippen molar-refractivity contribution in [2.75, 3.05) is 0 Å². The maximum absolute atomic E-state index is 12.7. The number of aliphatic imine (C=N–C) groups is 1. The fourth-order valence-electron chi connectivity index (χ4n) is 1.27. The van der Waals surface area contributed by atoms with Crippen molar-refractivity contribution in [2.24, 2.45) is 4.99 Å². The average Bonchev–Trinajstić information content (AvgIpc) is 2.33. The standard InChI is InChI=1S/C13H8Cl2FN/c14-12-6-1-9(7-13(12)15)8-17-11-4-2-10(16)3-5-11/h1-8H. The normalized spacial score (nSPS) is 11.0. The van der Waals surface area contributed by atoms with Crippen LogP contribution in [0.3, 0.4) is 0 Å². The molecule has 2 rings (SSSR count). The quantitative estimate of drug-likeness (QED) is 0.688. The van der Waals surface area contributed by atoms with Crippen LogP contribution in [0.25, 0.3) is 0 Å². The predicted molar refractivity (Wildman–Crippen MR) is 70.1 cm³/mol. The Morgan fingerprint density at radius 2 is 1.65 bits per heavy atom. The van der Waals surface area contributed by atoms with Crippen molar-refractivity contribution in [1.29, 1.82) is 0 Å². The maximum atomic E-state index is 12.7. The molecule has 0 N–H and O–H groups in total. The molecule has 4 heteroatoms. The third kappa shape index (κ3) is 3.29. The zero-order chi connectivity index (χ0) is 12.3. The van der Waals surface area contributed by atoms with Crippen LogP contribution in [-0.2, 0) is 0 Å². The highest BCUT2D eigenvalue weighted by atomic mass is 35.5. The van der Waals surface area contributed by atoms with Gasteiger partial charge in [0.1, 0.15) is 5.82 Å². The second-order valence-corrected chi connectivity index (χ2v) is 4.22. The lowest BCUT2D eigenvalue weighted by atomic mass is 10.2. The molecule has 0 atom stereocenters. The Kier molecular flexibility index (Phi) is 3.77. The predicted octanol–water partition coefficient (Wildman–Crippen LogP) is 4.88. The number of halogens is 3. The summed E-state index contributed by atoms with van der Waals surface area (Å²) in [5, 5.41) is 0.986. The van der Waals surface area contributed by atoms with Gasteiger partial charge in [-0.05, 0) is 42.0 Å². The first-order valence-corrected chi connectivity index (χ1v) is 5.65. The summed E-state index contributed by atoms with van der Waals surface area (Å²) in [4.78, 5) is 4.19. The van der Waals surface area contributed by atoms with Crippen molar-refractivity contribution in [3.8, 4) is 0 Å². The van der Waals surface area contributed by atoms with E-state index in [1.54, 1.807) is 36.5 Å². The van der Waals surface area contributed by atoms with E-state index in [-0.39, 0.29) is 5.82 Å². The zero-order valence-corrected chi connectivity index (χ0v) is 10.2. The van der Waals surface area contributed by atoms with Crippen molar-refractivity contribution < 1.29 is 4.39 Å². The van der Waals surface area contributed by atoms with Gasteiger partial charge in [0.15, 0.2) is 0 Å². The van der Waals surface area contributed by atoms with Crippen molar-refractivity contribution >= 4 is 35.1 Å². The molecule has 0 amide bonds. The molecule has 0 saturated heterocycles. The molecule has 0 aliphatic heterocycles. The highest BCUT2D eigenvalue weighted by Gasteiger charge is 1.97. The Bertz CT molecular complexity index is 550. The van der Waals surface area contributed by atoms with Gasteiger partial charge in [0.2, 0.25) is 0 Å². The van der Waals surface area contributed by atoms with Gasteiger partial charge in [0.25, 0.3) is 0 Å². The monoisotopic (exact) mass is 267 g/mol. The molecule has 1 nitrogen and oxygen atoms in total. The highest BCUT2D eigenvalue weighted by Crippen LogP contribution is 2.22. The molecule has 2 aromatic rings. The molecule has 0 heterocycles. The van der Waals surface area contributed by atoms with Crippen molar-refractivity contribution in [1.82, 2.24) is 0 Å². The van der Waals surface area contributed by atoms with E-state index in [4.69, 9.17) is 23.2 Å². The lowest BCUT2D eigenvalue weighted by molar-refractivity contribution is 0.628. The van der Waals surface area contributed by atoms with E-state index < -0.39 is 0 Å². The van der Waals surface area contributed by atoms with Gasteiger partial charge in [0, 0.05) is 6.21 Å². The van der Waals surface area contributed by atoms with Crippen LogP contribution in [0.4, 0.5) is 10.1 Å². The molecule has 0 unspecified atom stereocenters. The minimum atomic E-state index is -0.279. The second kappa shape index (κ2) is 5.30. The van der Waals surface area contributed by atoms with Gasteiger partial charge in [-0.25, -0.2) is 4.39 Å². The van der Waals surface area contributed by atoms with Crippen LogP contribution in [0, 0.1) is 5.82 Å². The molecule has 2 aromatic carbocycles. The molecule has 0 spiro atoms. The molecular formula is C13H8Cl2FN. The van der Waals surface area contributed by atoms with Gasteiger partial charge in [-0.15, -0.1) is 0 Å². The Balaban J connectivity index is 2.20. The summed E-state index contributed by atoms with van der Waals surface area (Å²) in [5.74, 6) is -0.279. The van der Waals surface area contributed by atoms with E-state index >= 15 is 0 Å². The zero-order valence-electron chi connectivity index (χ0n) is 8.70. The van der Waals surface area contributed by atoms with E-state index in [0.717, 1.165) is 5.56 Å². The van der Waals surface area contributed by atoms with Crippen LogP contribution in [0.2, 0.25) is 10.0 Å². The van der Waals surface area contributed by atoms with Crippen LogP contribution in [0.15, 0.2) is 47.5 Å². The molecular weight excluding hydrogens is 260 g/mol. The number of benzene rings is 2. The van der Waals surface area contributed by atoms with E-state index in [1.165, 1.54) is 12.1 Å². The van der Waals surface area contributed by atoms with E-state index in [1.807, 2.05) is 0 Å². The van der Waals surface area contributed by atoms with Crippen LogP contribution >= 0.6 is 23.2 Å². The molecule has 0 aromatic heterocycles. The minimum absolute atomic E-state index is 0.279. The number of hydrogen-bond donors (Lipinski definition) is 0. The molecule has 0 aliphatic carbocycles. The minimum Gasteiger partial charge on any atom is -0.256 e. The van der Waals surface area contributed by atoms with Crippen LogP contribution in [0.1, 0.15) is 5.56 Å². The van der Waals surface area contributed by atoms with Crippen LogP contribution in [0.5, 0.6) is 0 Å². The van der Waals surface area contributed by atoms with Gasteiger partial charge in [-0.1, -0.05) is 29.3 Å². The molecule has 0 bridgehead atoms. The van der Waals surface area contributed by atoms with Crippen molar-refractivity contribution in [2.45, 2.75) is 0 Å². The maximum Gasteiger partial charge on any atom is 0.123 e. The first kappa shape index (κ1) is 12.1. The van der Waals surface area contributed by atoms with E-state index in [9.17, 15) is 4.39 Å². The average molecular weight is 268 g/mol. The first-order chi connectivity index (χ1) is 8.15. The molecule has 0 radical (unpaired) electrons. The van der Waals surface area contributed by atoms with Gasteiger partial charge >= 0.3 is 0 Å². The van der Waals surface area contributed by atoms with Crippen LogP contribution in [-0.4, -0.2) is 6.21 Å². The third-order valence-corrected chi connectivity index (χ3v) is 2.87. The van der Waals surface area contributed by atoms with Gasteiger partial charge in [0.05, 0.1) is 15.7 Å². The van der Waals surface area contributed by atoms with Crippen molar-refractivity contribution in [3.63, 3.8) is 0 Å². The summed E-state index contributed by atoms with van der Waals surface area (Å²) < 4.78 is 12.7. The van der Waals surface area contributed by atoms with Gasteiger partial charge < -0.3 is 0 Å². The summed E-state index contributed by atoms with van der Waals surface area (Å²) in [6.45, 7) is 0. The largest absolute Gasteiger partial charge is 0.256 e. The molecule has 0 aliphatic rings. The number of nitrogens with zero attached hydrogens (tertiary/aromatic N) is 1. The Labute approximate surface area is 109 Å². The van der Waals surface area contributed by atoms with Gasteiger partial charge in [-0.3, -0.25) is 4.99 Å². The van der Waals surface area contributed by atoms with Crippen LogP contribution < -0.4 is 0 Å². The lowest BCUT2D eigenvalue weighted by Gasteiger charge is -1.97. The third-order valence-electron chi connectivity index (χ3n) is 2.13. The Morgan fingerprint density at radius 3 is 2.29 bits per heavy atom. The molecule has 86 valence electrons. The summed E-state index contributed by atoms with van der Waals surface area (Å²) in [6, 6.07) is 11.2. The Morgan fingerprint density at radius 1 is 0.941 bits per heavy atom. The van der Waals surface area contributed by atoms with E-state index in [0.29, 0.717) is 15.7 Å². The molecule has 17 heavy (non-hydrogen) atoms. The van der Waals surface area contributed by atoms with Gasteiger partial charge in [-0.2, -0.15) is 0 Å². The first-order valence-electron chi connectivity index (χ1n) is 4.90. The fourth-order valence-corrected chi connectivity index (χ4v) is 1.58. The number of rotatable bonds is 2. The molecule has 0 fully saturated rings.